The van der Waals surface area contributed by atoms with Crippen molar-refractivity contribution in [3.8, 4) is 0 Å². The third kappa shape index (κ3) is 3.63. The molecule has 0 saturated carbocycles. The molecule has 0 aromatic heterocycles. The molecule has 1 aromatic carbocycles. The number of ether oxygens (including phenoxy) is 1. The quantitative estimate of drug-likeness (QED) is 0.610. The molecule has 0 unspecified atom stereocenters. The SMILES string of the molecule is CCOC(=O)c1cccc(NC(C)(CC)CC)c1N. The van der Waals surface area contributed by atoms with Crippen LogP contribution in [-0.4, -0.2) is 18.1 Å². The number of hydrogen-bond donors (Lipinski definition) is 2. The van der Waals surface area contributed by atoms with Crippen LogP contribution in [0.4, 0.5) is 11.4 Å². The summed E-state index contributed by atoms with van der Waals surface area (Å²) in [5.41, 5.74) is 7.70. The van der Waals surface area contributed by atoms with Crippen molar-refractivity contribution in [2.45, 2.75) is 46.1 Å². The highest BCUT2D eigenvalue weighted by molar-refractivity contribution is 5.98. The van der Waals surface area contributed by atoms with Gasteiger partial charge in [-0.3, -0.25) is 0 Å². The maximum absolute atomic E-state index is 11.8. The van der Waals surface area contributed by atoms with E-state index in [0.717, 1.165) is 18.5 Å². The lowest BCUT2D eigenvalue weighted by atomic mass is 9.94. The Balaban J connectivity index is 3.04. The van der Waals surface area contributed by atoms with Crippen molar-refractivity contribution in [2.24, 2.45) is 0 Å². The number of para-hydroxylation sites is 1. The predicted molar refractivity (Wildman–Crippen MR) is 79.4 cm³/mol. The average molecular weight is 264 g/mol. The molecule has 3 N–H and O–H groups in total. The van der Waals surface area contributed by atoms with Gasteiger partial charge in [-0.2, -0.15) is 0 Å². The summed E-state index contributed by atoms with van der Waals surface area (Å²) in [7, 11) is 0. The fraction of sp³-hybridized carbons (Fsp3) is 0.533. The van der Waals surface area contributed by atoms with Gasteiger partial charge in [0.25, 0.3) is 0 Å². The van der Waals surface area contributed by atoms with Crippen LogP contribution in [0.1, 0.15) is 50.9 Å². The Kier molecular flexibility index (Phi) is 5.21. The molecule has 0 spiro atoms. The van der Waals surface area contributed by atoms with Gasteiger partial charge in [-0.1, -0.05) is 19.9 Å². The van der Waals surface area contributed by atoms with Gasteiger partial charge in [0.15, 0.2) is 0 Å². The summed E-state index contributed by atoms with van der Waals surface area (Å²) >= 11 is 0. The zero-order chi connectivity index (χ0) is 14.5. The highest BCUT2D eigenvalue weighted by atomic mass is 16.5. The first-order valence-corrected chi connectivity index (χ1v) is 6.81. The van der Waals surface area contributed by atoms with Gasteiger partial charge >= 0.3 is 5.97 Å². The first kappa shape index (κ1) is 15.3. The van der Waals surface area contributed by atoms with Gasteiger partial charge in [0.05, 0.1) is 23.5 Å². The molecule has 1 rings (SSSR count). The van der Waals surface area contributed by atoms with Crippen LogP contribution >= 0.6 is 0 Å². The molecule has 4 heteroatoms. The van der Waals surface area contributed by atoms with Gasteiger partial charge in [0.1, 0.15) is 0 Å². The van der Waals surface area contributed by atoms with Crippen molar-refractivity contribution in [3.05, 3.63) is 23.8 Å². The Morgan fingerprint density at radius 3 is 2.47 bits per heavy atom. The minimum Gasteiger partial charge on any atom is -0.462 e. The summed E-state index contributed by atoms with van der Waals surface area (Å²) in [5, 5.41) is 3.43. The molecular weight excluding hydrogens is 240 g/mol. The molecule has 4 nitrogen and oxygen atoms in total. The molecule has 0 heterocycles. The van der Waals surface area contributed by atoms with E-state index in [4.69, 9.17) is 10.5 Å². The molecule has 19 heavy (non-hydrogen) atoms. The van der Waals surface area contributed by atoms with Crippen LogP contribution in [0.2, 0.25) is 0 Å². The van der Waals surface area contributed by atoms with Gasteiger partial charge in [-0.15, -0.1) is 0 Å². The molecule has 0 aliphatic carbocycles. The van der Waals surface area contributed by atoms with Gasteiger partial charge < -0.3 is 15.8 Å². The lowest BCUT2D eigenvalue weighted by molar-refractivity contribution is 0.0527. The molecule has 106 valence electrons. The van der Waals surface area contributed by atoms with Crippen molar-refractivity contribution in [1.29, 1.82) is 0 Å². The van der Waals surface area contributed by atoms with Gasteiger partial charge in [0, 0.05) is 5.54 Å². The average Bonchev–Trinajstić information content (AvgIpc) is 2.41. The maximum atomic E-state index is 11.8. The molecule has 1 aromatic rings. The summed E-state index contributed by atoms with van der Waals surface area (Å²) in [6, 6.07) is 5.39. The zero-order valence-corrected chi connectivity index (χ0v) is 12.2. The van der Waals surface area contributed by atoms with Crippen LogP contribution in [0.25, 0.3) is 0 Å². The van der Waals surface area contributed by atoms with E-state index in [-0.39, 0.29) is 11.5 Å². The summed E-state index contributed by atoms with van der Waals surface area (Å²) < 4.78 is 5.00. The van der Waals surface area contributed by atoms with Crippen LogP contribution in [0.3, 0.4) is 0 Å². The number of rotatable bonds is 6. The van der Waals surface area contributed by atoms with Gasteiger partial charge in [-0.25, -0.2) is 4.79 Å². The van der Waals surface area contributed by atoms with Crippen molar-refractivity contribution in [3.63, 3.8) is 0 Å². The van der Waals surface area contributed by atoms with Crippen LogP contribution < -0.4 is 11.1 Å². The van der Waals surface area contributed by atoms with Gasteiger partial charge in [-0.05, 0) is 38.8 Å². The number of nitrogen functional groups attached to an aromatic ring is 1. The van der Waals surface area contributed by atoms with E-state index in [1.54, 1.807) is 13.0 Å². The zero-order valence-electron chi connectivity index (χ0n) is 12.2. The third-order valence-electron chi connectivity index (χ3n) is 3.60. The maximum Gasteiger partial charge on any atom is 0.340 e. The van der Waals surface area contributed by atoms with E-state index in [1.165, 1.54) is 0 Å². The second-order valence-electron chi connectivity index (χ2n) is 4.88. The summed E-state index contributed by atoms with van der Waals surface area (Å²) in [6.07, 6.45) is 1.96. The smallest absolute Gasteiger partial charge is 0.340 e. The molecule has 0 bridgehead atoms. The first-order chi connectivity index (χ1) is 8.97. The topological polar surface area (TPSA) is 64.3 Å². The number of hydrogen-bond acceptors (Lipinski definition) is 4. The van der Waals surface area contributed by atoms with E-state index < -0.39 is 0 Å². The molecule has 0 aliphatic heterocycles. The Morgan fingerprint density at radius 1 is 1.32 bits per heavy atom. The normalized spacial score (nSPS) is 11.2. The summed E-state index contributed by atoms with van der Waals surface area (Å²) in [5.74, 6) is -0.377. The number of anilines is 2. The summed E-state index contributed by atoms with van der Waals surface area (Å²) in [6.45, 7) is 8.52. The van der Waals surface area contributed by atoms with E-state index >= 15 is 0 Å². The number of nitrogens with one attached hydrogen (secondary N) is 1. The van der Waals surface area contributed by atoms with E-state index in [1.807, 2.05) is 12.1 Å². The van der Waals surface area contributed by atoms with E-state index in [2.05, 4.69) is 26.1 Å². The highest BCUT2D eigenvalue weighted by Gasteiger charge is 2.21. The van der Waals surface area contributed by atoms with Crippen LogP contribution in [0.5, 0.6) is 0 Å². The molecule has 0 fully saturated rings. The number of carbonyl (C=O) groups is 1. The van der Waals surface area contributed by atoms with Gasteiger partial charge in [0.2, 0.25) is 0 Å². The fourth-order valence-corrected chi connectivity index (χ4v) is 1.81. The molecule has 0 atom stereocenters. The molecular formula is C15H24N2O2. The molecule has 0 saturated heterocycles. The largest absolute Gasteiger partial charge is 0.462 e. The molecule has 0 amide bonds. The Bertz CT molecular complexity index is 440. The van der Waals surface area contributed by atoms with Crippen molar-refractivity contribution in [2.75, 3.05) is 17.7 Å². The van der Waals surface area contributed by atoms with E-state index in [9.17, 15) is 4.79 Å². The van der Waals surface area contributed by atoms with Crippen molar-refractivity contribution >= 4 is 17.3 Å². The highest BCUT2D eigenvalue weighted by Crippen LogP contribution is 2.28. The lowest BCUT2D eigenvalue weighted by Gasteiger charge is -2.30. The predicted octanol–water partition coefficient (Wildman–Crippen LogP) is 3.44. The van der Waals surface area contributed by atoms with Crippen LogP contribution in [-0.2, 0) is 4.74 Å². The third-order valence-corrected chi connectivity index (χ3v) is 3.60. The Labute approximate surface area is 115 Å². The Hall–Kier alpha value is -1.71. The van der Waals surface area contributed by atoms with Crippen LogP contribution in [0.15, 0.2) is 18.2 Å². The molecule has 0 radical (unpaired) electrons. The number of nitrogens with two attached hydrogens (primary N) is 1. The fourth-order valence-electron chi connectivity index (χ4n) is 1.81. The van der Waals surface area contributed by atoms with Crippen molar-refractivity contribution < 1.29 is 9.53 Å². The molecule has 0 aliphatic rings. The van der Waals surface area contributed by atoms with Crippen LogP contribution in [0, 0.1) is 0 Å². The summed E-state index contributed by atoms with van der Waals surface area (Å²) in [4.78, 5) is 11.8. The number of esters is 1. The van der Waals surface area contributed by atoms with Crippen molar-refractivity contribution in [1.82, 2.24) is 0 Å². The van der Waals surface area contributed by atoms with E-state index in [0.29, 0.717) is 17.9 Å². The second-order valence-corrected chi connectivity index (χ2v) is 4.88. The minimum atomic E-state index is -0.377. The number of carbonyl (C=O) groups excluding carboxylic acids is 1. The number of benzene rings is 1. The minimum absolute atomic E-state index is 0.0264. The first-order valence-electron chi connectivity index (χ1n) is 6.81. The monoisotopic (exact) mass is 264 g/mol. The lowest BCUT2D eigenvalue weighted by Crippen LogP contribution is -2.33. The Morgan fingerprint density at radius 2 is 1.95 bits per heavy atom. The second kappa shape index (κ2) is 6.45. The standard InChI is InChI=1S/C15H24N2O2/c1-5-15(4,6-2)17-12-10-8-9-11(13(12)16)14(18)19-7-3/h8-10,17H,5-7,16H2,1-4H3.